The quantitative estimate of drug-likeness (QED) is 0.259. The maximum atomic E-state index is 12.9. The van der Waals surface area contributed by atoms with E-state index >= 15 is 0 Å². The van der Waals surface area contributed by atoms with Gasteiger partial charge in [0.1, 0.15) is 5.75 Å². The van der Waals surface area contributed by atoms with Crippen LogP contribution in [0.25, 0.3) is 11.1 Å². The van der Waals surface area contributed by atoms with Crippen molar-refractivity contribution in [3.63, 3.8) is 0 Å². The lowest BCUT2D eigenvalue weighted by Gasteiger charge is -2.17. The van der Waals surface area contributed by atoms with E-state index in [9.17, 15) is 14.4 Å². The second-order valence-electron chi connectivity index (χ2n) is 9.62. The van der Waals surface area contributed by atoms with Gasteiger partial charge in [-0.15, -0.1) is 10.2 Å². The summed E-state index contributed by atoms with van der Waals surface area (Å²) in [7, 11) is 4.67. The minimum absolute atomic E-state index is 0.0243. The van der Waals surface area contributed by atoms with Crippen molar-refractivity contribution in [2.24, 2.45) is 5.92 Å². The first-order chi connectivity index (χ1) is 20.4. The first-order valence-corrected chi connectivity index (χ1v) is 13.2. The zero-order valence-electron chi connectivity index (χ0n) is 23.3. The van der Waals surface area contributed by atoms with E-state index in [1.807, 2.05) is 24.3 Å². The van der Waals surface area contributed by atoms with Crippen LogP contribution in [0.4, 0.5) is 17.2 Å². The van der Waals surface area contributed by atoms with Crippen LogP contribution in [0.3, 0.4) is 0 Å². The molecule has 1 saturated carbocycles. The SMILES string of the molecule is CNC(=O)c1nnc(NC(=O)C2CC2)cc1Nc1cccc(-c2cnc(C(=O)N(C)Cc3ccccn3)nc2)c1OC. The number of nitrogens with zero attached hydrogens (tertiary/aromatic N) is 6. The van der Waals surface area contributed by atoms with Crippen LogP contribution < -0.4 is 20.7 Å². The molecule has 3 aromatic heterocycles. The molecule has 0 spiro atoms. The summed E-state index contributed by atoms with van der Waals surface area (Å²) in [6, 6.07) is 12.4. The van der Waals surface area contributed by atoms with Gasteiger partial charge in [0.15, 0.2) is 11.5 Å². The lowest BCUT2D eigenvalue weighted by atomic mass is 10.1. The van der Waals surface area contributed by atoms with Crippen LogP contribution in [0.15, 0.2) is 61.1 Å². The number of hydrogen-bond acceptors (Lipinski definition) is 10. The van der Waals surface area contributed by atoms with Crippen molar-refractivity contribution in [1.82, 2.24) is 35.4 Å². The highest BCUT2D eigenvalue weighted by atomic mass is 16.5. The Hall–Kier alpha value is -5.46. The number of nitrogens with one attached hydrogen (secondary N) is 3. The summed E-state index contributed by atoms with van der Waals surface area (Å²) >= 11 is 0. The van der Waals surface area contributed by atoms with Gasteiger partial charge in [0.05, 0.1) is 30.7 Å². The van der Waals surface area contributed by atoms with Crippen molar-refractivity contribution in [2.75, 3.05) is 31.8 Å². The third-order valence-corrected chi connectivity index (χ3v) is 6.55. The van der Waals surface area contributed by atoms with E-state index in [0.29, 0.717) is 34.8 Å². The van der Waals surface area contributed by atoms with E-state index in [0.717, 1.165) is 18.5 Å². The van der Waals surface area contributed by atoms with Crippen molar-refractivity contribution >= 4 is 34.9 Å². The van der Waals surface area contributed by atoms with Gasteiger partial charge in [-0.2, -0.15) is 0 Å². The zero-order chi connectivity index (χ0) is 29.6. The molecule has 0 radical (unpaired) electrons. The summed E-state index contributed by atoms with van der Waals surface area (Å²) < 4.78 is 5.74. The molecule has 0 unspecified atom stereocenters. The zero-order valence-corrected chi connectivity index (χ0v) is 23.3. The second-order valence-corrected chi connectivity index (χ2v) is 9.62. The lowest BCUT2D eigenvalue weighted by Crippen LogP contribution is -2.28. The van der Waals surface area contributed by atoms with Gasteiger partial charge in [-0.25, -0.2) is 9.97 Å². The number of pyridine rings is 1. The molecule has 5 rings (SSSR count). The summed E-state index contributed by atoms with van der Waals surface area (Å²) in [4.78, 5) is 52.0. The standard InChI is InChI=1S/C29H29N9O4/c1-30-28(40)24-22(13-23(36-37-24)35-27(39)17-10-11-17)34-21-9-6-8-20(25(21)42-3)18-14-32-26(33-15-18)29(41)38(2)16-19-7-4-5-12-31-19/h4-9,12-15,17H,10-11,16H2,1-3H3,(H,30,40)(H2,34,35,36,39). The monoisotopic (exact) mass is 567 g/mol. The molecule has 1 aromatic carbocycles. The van der Waals surface area contributed by atoms with Crippen LogP contribution in [0, 0.1) is 5.92 Å². The van der Waals surface area contributed by atoms with Crippen LogP contribution in [-0.4, -0.2) is 69.0 Å². The molecule has 1 aliphatic rings. The van der Waals surface area contributed by atoms with Gasteiger partial charge in [0.2, 0.25) is 11.7 Å². The summed E-state index contributed by atoms with van der Waals surface area (Å²) in [5.41, 5.74) is 2.88. The molecule has 214 valence electrons. The third kappa shape index (κ3) is 6.30. The van der Waals surface area contributed by atoms with Crippen LogP contribution in [0.2, 0.25) is 0 Å². The molecule has 13 nitrogen and oxygen atoms in total. The van der Waals surface area contributed by atoms with E-state index in [-0.39, 0.29) is 35.1 Å². The van der Waals surface area contributed by atoms with Gasteiger partial charge in [-0.3, -0.25) is 19.4 Å². The van der Waals surface area contributed by atoms with Gasteiger partial charge in [0.25, 0.3) is 11.8 Å². The van der Waals surface area contributed by atoms with Crippen molar-refractivity contribution in [3.8, 4) is 16.9 Å². The number of rotatable bonds is 10. The minimum atomic E-state index is -0.457. The fourth-order valence-corrected chi connectivity index (χ4v) is 4.19. The van der Waals surface area contributed by atoms with Crippen molar-refractivity contribution in [1.29, 1.82) is 0 Å². The number of hydrogen-bond donors (Lipinski definition) is 3. The van der Waals surface area contributed by atoms with Crippen molar-refractivity contribution in [2.45, 2.75) is 19.4 Å². The molecule has 3 amide bonds. The Labute approximate surface area is 241 Å². The topological polar surface area (TPSA) is 164 Å². The Balaban J connectivity index is 1.39. The molecule has 0 aliphatic heterocycles. The fraction of sp³-hybridized carbons (Fsp3) is 0.241. The number of benzene rings is 1. The number of aromatic nitrogens is 5. The third-order valence-electron chi connectivity index (χ3n) is 6.55. The Bertz CT molecular complexity index is 1610. The highest BCUT2D eigenvalue weighted by Gasteiger charge is 2.30. The number of carbonyl (C=O) groups excluding carboxylic acids is 3. The van der Waals surface area contributed by atoms with E-state index in [1.165, 1.54) is 19.1 Å². The van der Waals surface area contributed by atoms with Gasteiger partial charge in [-0.1, -0.05) is 18.2 Å². The number of carbonyl (C=O) groups is 3. The number of methoxy groups -OCH3 is 1. The van der Waals surface area contributed by atoms with Crippen molar-refractivity contribution in [3.05, 3.63) is 78.3 Å². The average Bonchev–Trinajstić information content (AvgIpc) is 3.87. The molecular weight excluding hydrogens is 538 g/mol. The fourth-order valence-electron chi connectivity index (χ4n) is 4.19. The van der Waals surface area contributed by atoms with Gasteiger partial charge in [-0.05, 0) is 31.0 Å². The summed E-state index contributed by atoms with van der Waals surface area (Å²) in [5, 5.41) is 16.5. The largest absolute Gasteiger partial charge is 0.494 e. The maximum absolute atomic E-state index is 12.9. The average molecular weight is 568 g/mol. The molecule has 13 heteroatoms. The predicted molar refractivity (Wildman–Crippen MR) is 154 cm³/mol. The van der Waals surface area contributed by atoms with Crippen LogP contribution in [0.5, 0.6) is 5.75 Å². The summed E-state index contributed by atoms with van der Waals surface area (Å²) in [5.74, 6) is -0.247. The van der Waals surface area contributed by atoms with Gasteiger partial charge < -0.3 is 25.6 Å². The number of anilines is 3. The first kappa shape index (κ1) is 28.1. The molecule has 0 bridgehead atoms. The van der Waals surface area contributed by atoms with E-state index in [2.05, 4.69) is 41.1 Å². The molecular formula is C29H29N9O4. The Morgan fingerprint density at radius 3 is 2.45 bits per heavy atom. The predicted octanol–water partition coefficient (Wildman–Crippen LogP) is 3.06. The highest BCUT2D eigenvalue weighted by molar-refractivity contribution is 6.00. The van der Waals surface area contributed by atoms with Gasteiger partial charge in [0, 0.05) is 55.8 Å². The molecule has 1 aliphatic carbocycles. The Morgan fingerprint density at radius 2 is 1.79 bits per heavy atom. The van der Waals surface area contributed by atoms with Crippen LogP contribution in [-0.2, 0) is 11.3 Å². The smallest absolute Gasteiger partial charge is 0.291 e. The molecule has 0 atom stereocenters. The van der Waals surface area contributed by atoms with Crippen LogP contribution in [0.1, 0.15) is 39.6 Å². The molecule has 1 fully saturated rings. The number of ether oxygens (including phenoxy) is 1. The first-order valence-electron chi connectivity index (χ1n) is 13.2. The summed E-state index contributed by atoms with van der Waals surface area (Å²) in [6.07, 6.45) is 6.44. The Morgan fingerprint density at radius 1 is 1.00 bits per heavy atom. The number of para-hydroxylation sites is 1. The van der Waals surface area contributed by atoms with E-state index < -0.39 is 5.91 Å². The van der Waals surface area contributed by atoms with Crippen LogP contribution >= 0.6 is 0 Å². The maximum Gasteiger partial charge on any atom is 0.291 e. The van der Waals surface area contributed by atoms with E-state index in [4.69, 9.17) is 4.74 Å². The highest BCUT2D eigenvalue weighted by Crippen LogP contribution is 2.38. The molecule has 3 heterocycles. The summed E-state index contributed by atoms with van der Waals surface area (Å²) in [6.45, 7) is 0.320. The normalized spacial score (nSPS) is 12.3. The molecule has 0 saturated heterocycles. The minimum Gasteiger partial charge on any atom is -0.494 e. The van der Waals surface area contributed by atoms with E-state index in [1.54, 1.807) is 43.8 Å². The lowest BCUT2D eigenvalue weighted by molar-refractivity contribution is -0.117. The second kappa shape index (κ2) is 12.4. The van der Waals surface area contributed by atoms with Crippen molar-refractivity contribution < 1.29 is 19.1 Å². The molecule has 3 N–H and O–H groups in total. The molecule has 42 heavy (non-hydrogen) atoms. The Kier molecular flexibility index (Phi) is 8.27. The van der Waals surface area contributed by atoms with Gasteiger partial charge >= 0.3 is 0 Å². The number of amides is 3. The molecule has 4 aromatic rings.